The number of carbonyl (C=O) groups is 1. The van der Waals surface area contributed by atoms with Crippen molar-refractivity contribution < 1.29 is 14.6 Å². The van der Waals surface area contributed by atoms with Crippen LogP contribution in [0.25, 0.3) is 0 Å². The number of nitrogens with one attached hydrogen (secondary N) is 1. The van der Waals surface area contributed by atoms with Crippen molar-refractivity contribution in [1.82, 2.24) is 4.57 Å². The number of aryl methyl sites for hydroxylation is 1. The molecule has 2 rings (SSSR count). The van der Waals surface area contributed by atoms with E-state index in [2.05, 4.69) is 5.32 Å². The molecule has 0 fully saturated rings. The summed E-state index contributed by atoms with van der Waals surface area (Å²) in [5, 5.41) is 12.5. The maximum Gasteiger partial charge on any atom is 0.272 e. The predicted molar refractivity (Wildman–Crippen MR) is 77.1 cm³/mol. The Morgan fingerprint density at radius 2 is 2.20 bits per heavy atom. The van der Waals surface area contributed by atoms with Gasteiger partial charge in [-0.25, -0.2) is 0 Å². The highest BCUT2D eigenvalue weighted by molar-refractivity contribution is 6.04. The fourth-order valence-electron chi connectivity index (χ4n) is 1.94. The molecule has 1 heterocycles. The molecule has 2 aromatic rings. The lowest BCUT2D eigenvalue weighted by Gasteiger charge is -2.10. The van der Waals surface area contributed by atoms with Crippen LogP contribution in [0.1, 0.15) is 16.1 Å². The second kappa shape index (κ2) is 6.25. The van der Waals surface area contributed by atoms with Gasteiger partial charge < -0.3 is 19.7 Å². The number of amides is 1. The Morgan fingerprint density at radius 3 is 2.90 bits per heavy atom. The van der Waals surface area contributed by atoms with E-state index in [1.807, 2.05) is 23.8 Å². The van der Waals surface area contributed by atoms with Crippen molar-refractivity contribution >= 4 is 11.6 Å². The fraction of sp³-hybridized carbons (Fsp3) is 0.267. The van der Waals surface area contributed by atoms with E-state index in [1.165, 1.54) is 0 Å². The third kappa shape index (κ3) is 3.19. The Bertz CT molecular complexity index is 605. The van der Waals surface area contributed by atoms with Crippen molar-refractivity contribution in [1.29, 1.82) is 0 Å². The lowest BCUT2D eigenvalue weighted by atomic mass is 10.2. The predicted octanol–water partition coefficient (Wildman–Crippen LogP) is 2.40. The molecule has 0 bridgehead atoms. The molecule has 2 N–H and O–H groups in total. The number of hydrogen-bond donors (Lipinski definition) is 2. The molecule has 106 valence electrons. The monoisotopic (exact) mass is 274 g/mol. The summed E-state index contributed by atoms with van der Waals surface area (Å²) in [6.45, 7) is 3.01. The van der Waals surface area contributed by atoms with E-state index >= 15 is 0 Å². The van der Waals surface area contributed by atoms with Crippen LogP contribution in [0.2, 0.25) is 0 Å². The number of carbonyl (C=O) groups excluding carboxylic acids is 1. The van der Waals surface area contributed by atoms with Gasteiger partial charge in [-0.15, -0.1) is 0 Å². The Labute approximate surface area is 117 Å². The van der Waals surface area contributed by atoms with Crippen LogP contribution in [0.5, 0.6) is 5.75 Å². The molecule has 20 heavy (non-hydrogen) atoms. The Hall–Kier alpha value is -2.27. The minimum absolute atomic E-state index is 0.0633. The van der Waals surface area contributed by atoms with E-state index in [1.54, 1.807) is 31.4 Å². The summed E-state index contributed by atoms with van der Waals surface area (Å²) in [6.07, 6.45) is 1.82. The second-order valence-corrected chi connectivity index (χ2v) is 4.55. The van der Waals surface area contributed by atoms with Gasteiger partial charge in [-0.3, -0.25) is 4.79 Å². The lowest BCUT2D eigenvalue weighted by Crippen LogP contribution is -2.18. The molecular formula is C15H18N2O3. The Balaban J connectivity index is 2.14. The number of aromatic nitrogens is 1. The van der Waals surface area contributed by atoms with Crippen molar-refractivity contribution in [2.24, 2.45) is 0 Å². The summed E-state index contributed by atoms with van der Waals surface area (Å²) in [7, 11) is 1.62. The molecule has 5 heteroatoms. The number of nitrogens with zero attached hydrogens (tertiary/aromatic N) is 1. The maximum atomic E-state index is 12.2. The molecule has 1 aromatic carbocycles. The number of phenols is 1. The standard InChI is InChI=1S/C15H18N2O3/c1-11-5-6-12(14(18)10-11)16-15(19)13-4-3-7-17(13)8-9-20-2/h3-7,10,18H,8-9H2,1-2H3,(H,16,19). The number of methoxy groups -OCH3 is 1. The van der Waals surface area contributed by atoms with Gasteiger partial charge in [0.1, 0.15) is 11.4 Å². The zero-order valence-corrected chi connectivity index (χ0v) is 11.6. The molecule has 0 aliphatic rings. The molecule has 1 aromatic heterocycles. The minimum Gasteiger partial charge on any atom is -0.506 e. The second-order valence-electron chi connectivity index (χ2n) is 4.55. The molecule has 1 amide bonds. The summed E-state index contributed by atoms with van der Waals surface area (Å²) in [5.41, 5.74) is 1.87. The van der Waals surface area contributed by atoms with Gasteiger partial charge in [0.25, 0.3) is 5.91 Å². The van der Waals surface area contributed by atoms with Crippen molar-refractivity contribution in [3.8, 4) is 5.75 Å². The van der Waals surface area contributed by atoms with Gasteiger partial charge in [-0.2, -0.15) is 0 Å². The SMILES string of the molecule is COCCn1cccc1C(=O)Nc1ccc(C)cc1O. The van der Waals surface area contributed by atoms with Gasteiger partial charge in [0, 0.05) is 19.9 Å². The summed E-state index contributed by atoms with van der Waals surface area (Å²) >= 11 is 0. The van der Waals surface area contributed by atoms with Gasteiger partial charge in [-0.1, -0.05) is 6.07 Å². The quantitative estimate of drug-likeness (QED) is 0.823. The van der Waals surface area contributed by atoms with Crippen LogP contribution in [0, 0.1) is 6.92 Å². The van der Waals surface area contributed by atoms with Crippen LogP contribution in [0.15, 0.2) is 36.5 Å². The van der Waals surface area contributed by atoms with Crippen LogP contribution in [-0.4, -0.2) is 29.3 Å². The van der Waals surface area contributed by atoms with E-state index < -0.39 is 0 Å². The summed E-state index contributed by atoms with van der Waals surface area (Å²) in [6, 6.07) is 8.67. The number of rotatable bonds is 5. The molecule has 0 radical (unpaired) electrons. The third-order valence-corrected chi connectivity index (χ3v) is 3.00. The van der Waals surface area contributed by atoms with Crippen LogP contribution in [0.4, 0.5) is 5.69 Å². The third-order valence-electron chi connectivity index (χ3n) is 3.00. The highest BCUT2D eigenvalue weighted by Gasteiger charge is 2.12. The average molecular weight is 274 g/mol. The van der Waals surface area contributed by atoms with Gasteiger partial charge in [0.05, 0.1) is 12.3 Å². The van der Waals surface area contributed by atoms with E-state index in [4.69, 9.17) is 4.74 Å². The van der Waals surface area contributed by atoms with Crippen LogP contribution < -0.4 is 5.32 Å². The van der Waals surface area contributed by atoms with E-state index in [9.17, 15) is 9.90 Å². The Morgan fingerprint density at radius 1 is 1.40 bits per heavy atom. The first-order valence-corrected chi connectivity index (χ1v) is 6.37. The largest absolute Gasteiger partial charge is 0.506 e. The average Bonchev–Trinajstić information content (AvgIpc) is 2.88. The van der Waals surface area contributed by atoms with Gasteiger partial charge >= 0.3 is 0 Å². The lowest BCUT2D eigenvalue weighted by molar-refractivity contribution is 0.101. The number of ether oxygens (including phenoxy) is 1. The van der Waals surface area contributed by atoms with E-state index in [0.717, 1.165) is 5.56 Å². The number of hydrogen-bond acceptors (Lipinski definition) is 3. The van der Waals surface area contributed by atoms with Crippen LogP contribution >= 0.6 is 0 Å². The maximum absolute atomic E-state index is 12.2. The highest BCUT2D eigenvalue weighted by Crippen LogP contribution is 2.24. The molecule has 0 aliphatic heterocycles. The first kappa shape index (κ1) is 14.1. The van der Waals surface area contributed by atoms with Crippen molar-refractivity contribution in [3.63, 3.8) is 0 Å². The Kier molecular flexibility index (Phi) is 4.42. The topological polar surface area (TPSA) is 63.5 Å². The number of aromatic hydroxyl groups is 1. The first-order chi connectivity index (χ1) is 9.61. The molecule has 0 saturated heterocycles. The van der Waals surface area contributed by atoms with Crippen molar-refractivity contribution in [2.45, 2.75) is 13.5 Å². The number of benzene rings is 1. The molecule has 0 spiro atoms. The summed E-state index contributed by atoms with van der Waals surface area (Å²) in [5.74, 6) is -0.196. The van der Waals surface area contributed by atoms with Crippen molar-refractivity contribution in [3.05, 3.63) is 47.8 Å². The summed E-state index contributed by atoms with van der Waals surface area (Å²) in [4.78, 5) is 12.2. The van der Waals surface area contributed by atoms with Crippen LogP contribution in [-0.2, 0) is 11.3 Å². The number of anilines is 1. The molecule has 0 saturated carbocycles. The highest BCUT2D eigenvalue weighted by atomic mass is 16.5. The fourth-order valence-corrected chi connectivity index (χ4v) is 1.94. The zero-order valence-electron chi connectivity index (χ0n) is 11.6. The molecule has 5 nitrogen and oxygen atoms in total. The number of phenolic OH excluding ortho intramolecular Hbond substituents is 1. The molecular weight excluding hydrogens is 256 g/mol. The smallest absolute Gasteiger partial charge is 0.272 e. The van der Waals surface area contributed by atoms with Crippen LogP contribution in [0.3, 0.4) is 0 Å². The molecule has 0 unspecified atom stereocenters. The summed E-state index contributed by atoms with van der Waals surface area (Å²) < 4.78 is 6.82. The van der Waals surface area contributed by atoms with Gasteiger partial charge in [0.15, 0.2) is 0 Å². The first-order valence-electron chi connectivity index (χ1n) is 6.37. The van der Waals surface area contributed by atoms with E-state index in [0.29, 0.717) is 24.5 Å². The van der Waals surface area contributed by atoms with Crippen molar-refractivity contribution in [2.75, 3.05) is 19.0 Å². The normalized spacial score (nSPS) is 10.5. The molecule has 0 atom stereocenters. The zero-order chi connectivity index (χ0) is 14.5. The van der Waals surface area contributed by atoms with Gasteiger partial charge in [0.2, 0.25) is 0 Å². The van der Waals surface area contributed by atoms with E-state index in [-0.39, 0.29) is 11.7 Å². The van der Waals surface area contributed by atoms with Gasteiger partial charge in [-0.05, 0) is 36.8 Å². The molecule has 0 aliphatic carbocycles. The minimum atomic E-state index is -0.259.